The summed E-state index contributed by atoms with van der Waals surface area (Å²) in [5.74, 6) is -0.505. The van der Waals surface area contributed by atoms with E-state index in [2.05, 4.69) is 10.6 Å². The molecule has 7 heteroatoms. The van der Waals surface area contributed by atoms with Crippen molar-refractivity contribution in [2.24, 2.45) is 0 Å². The van der Waals surface area contributed by atoms with E-state index in [4.69, 9.17) is 4.74 Å². The molecule has 0 bridgehead atoms. The highest BCUT2D eigenvalue weighted by molar-refractivity contribution is 6.09. The third-order valence-corrected chi connectivity index (χ3v) is 4.95. The number of nitriles is 1. The summed E-state index contributed by atoms with van der Waals surface area (Å²) in [6.07, 6.45) is 1.40. The van der Waals surface area contributed by atoms with Crippen molar-refractivity contribution in [3.8, 4) is 17.6 Å². The largest absolute Gasteiger partial charge is 0.508 e. The van der Waals surface area contributed by atoms with Crippen LogP contribution in [0.4, 0.5) is 11.4 Å². The number of amides is 2. The molecule has 166 valence electrons. The van der Waals surface area contributed by atoms with E-state index in [1.165, 1.54) is 30.3 Å². The van der Waals surface area contributed by atoms with E-state index < -0.39 is 5.91 Å². The number of carbonyl (C=O) groups excluding carboxylic acids is 2. The van der Waals surface area contributed by atoms with Gasteiger partial charge in [-0.15, -0.1) is 0 Å². The van der Waals surface area contributed by atoms with Gasteiger partial charge in [0.05, 0.1) is 0 Å². The monoisotopic (exact) mass is 441 g/mol. The molecule has 2 amide bonds. The number of phenolic OH excluding ortho intramolecular Hbond substituents is 1. The van der Waals surface area contributed by atoms with Gasteiger partial charge in [-0.05, 0) is 67.4 Å². The van der Waals surface area contributed by atoms with Crippen LogP contribution in [0.2, 0.25) is 0 Å². The number of aryl methyl sites for hydroxylation is 1. The van der Waals surface area contributed by atoms with Gasteiger partial charge in [0.25, 0.3) is 11.8 Å². The van der Waals surface area contributed by atoms with Gasteiger partial charge in [0.2, 0.25) is 0 Å². The van der Waals surface area contributed by atoms with Gasteiger partial charge in [-0.25, -0.2) is 0 Å². The number of carbonyl (C=O) groups is 2. The lowest BCUT2D eigenvalue weighted by Crippen LogP contribution is -2.21. The zero-order valence-corrected chi connectivity index (χ0v) is 18.3. The number of rotatable bonds is 7. The third kappa shape index (κ3) is 6.21. The molecule has 33 heavy (non-hydrogen) atoms. The van der Waals surface area contributed by atoms with Crippen molar-refractivity contribution in [1.29, 1.82) is 5.26 Å². The molecule has 0 saturated heterocycles. The molecule has 0 heterocycles. The summed E-state index contributed by atoms with van der Waals surface area (Å²) in [5, 5.41) is 24.3. The summed E-state index contributed by atoms with van der Waals surface area (Å²) in [7, 11) is 0. The summed E-state index contributed by atoms with van der Waals surface area (Å²) in [6.45, 7) is 3.66. The van der Waals surface area contributed by atoms with Gasteiger partial charge in [0, 0.05) is 16.9 Å². The molecule has 0 saturated carbocycles. The maximum absolute atomic E-state index is 12.5. The number of hydrogen-bond donors (Lipinski definition) is 3. The minimum Gasteiger partial charge on any atom is -0.508 e. The number of hydrogen-bond acceptors (Lipinski definition) is 5. The standard InChI is InChI=1S/C26H23N3O4/c1-17-6-5-8-23(18(17)2)29-25(31)16-33-24-9-4-3-7-19(24)14-20(15-27)26(32)28-21-10-12-22(30)13-11-21/h3-14,30H,16H2,1-2H3,(H,28,32)(H,29,31)/b20-14+. The maximum Gasteiger partial charge on any atom is 0.266 e. The second kappa shape index (κ2) is 10.6. The number of anilines is 2. The van der Waals surface area contributed by atoms with E-state index in [-0.39, 0.29) is 23.8 Å². The minimum atomic E-state index is -0.606. The Balaban J connectivity index is 1.70. The van der Waals surface area contributed by atoms with Crippen LogP contribution in [0, 0.1) is 25.2 Å². The average molecular weight is 441 g/mol. The van der Waals surface area contributed by atoms with Crippen molar-refractivity contribution >= 4 is 29.3 Å². The molecule has 7 nitrogen and oxygen atoms in total. The number of ether oxygens (including phenoxy) is 1. The molecule has 0 aromatic heterocycles. The highest BCUT2D eigenvalue weighted by Gasteiger charge is 2.13. The van der Waals surface area contributed by atoms with Crippen molar-refractivity contribution in [1.82, 2.24) is 0 Å². The Labute approximate surface area is 191 Å². The Morgan fingerprint density at radius 2 is 1.73 bits per heavy atom. The first-order valence-electron chi connectivity index (χ1n) is 10.2. The minimum absolute atomic E-state index is 0.0664. The lowest BCUT2D eigenvalue weighted by Gasteiger charge is -2.12. The van der Waals surface area contributed by atoms with Crippen LogP contribution in [-0.4, -0.2) is 23.5 Å². The zero-order valence-electron chi connectivity index (χ0n) is 18.3. The number of nitrogens with zero attached hydrogens (tertiary/aromatic N) is 1. The quantitative estimate of drug-likeness (QED) is 0.282. The van der Waals surface area contributed by atoms with Crippen molar-refractivity contribution in [3.63, 3.8) is 0 Å². The van der Waals surface area contributed by atoms with E-state index in [0.29, 0.717) is 17.0 Å². The molecule has 0 unspecified atom stereocenters. The summed E-state index contributed by atoms with van der Waals surface area (Å²) < 4.78 is 5.67. The molecule has 3 rings (SSSR count). The van der Waals surface area contributed by atoms with Crippen LogP contribution in [0.5, 0.6) is 11.5 Å². The Kier molecular flexibility index (Phi) is 7.45. The van der Waals surface area contributed by atoms with E-state index in [1.54, 1.807) is 24.3 Å². The predicted octanol–water partition coefficient (Wildman–Crippen LogP) is 4.57. The van der Waals surface area contributed by atoms with Gasteiger partial charge < -0.3 is 20.5 Å². The Hall–Kier alpha value is -4.57. The summed E-state index contributed by atoms with van der Waals surface area (Å²) in [4.78, 5) is 24.9. The second-order valence-electron chi connectivity index (χ2n) is 7.29. The molecule has 0 aliphatic rings. The van der Waals surface area contributed by atoms with Crippen LogP contribution >= 0.6 is 0 Å². The van der Waals surface area contributed by atoms with E-state index in [9.17, 15) is 20.0 Å². The van der Waals surface area contributed by atoms with Crippen LogP contribution in [0.3, 0.4) is 0 Å². The van der Waals surface area contributed by atoms with E-state index in [0.717, 1.165) is 16.8 Å². The molecule has 0 spiro atoms. The van der Waals surface area contributed by atoms with Gasteiger partial charge in [-0.1, -0.05) is 30.3 Å². The molecule has 0 aliphatic heterocycles. The molecule has 0 radical (unpaired) electrons. The van der Waals surface area contributed by atoms with Crippen LogP contribution in [-0.2, 0) is 9.59 Å². The van der Waals surface area contributed by atoms with Gasteiger partial charge in [-0.2, -0.15) is 5.26 Å². The Morgan fingerprint density at radius 3 is 2.45 bits per heavy atom. The molecule has 0 atom stereocenters. The Bertz CT molecular complexity index is 1240. The van der Waals surface area contributed by atoms with E-state index >= 15 is 0 Å². The molecule has 3 aromatic rings. The lowest BCUT2D eigenvalue weighted by molar-refractivity contribution is -0.118. The third-order valence-electron chi connectivity index (χ3n) is 4.95. The van der Waals surface area contributed by atoms with Gasteiger partial charge in [-0.3, -0.25) is 9.59 Å². The molecule has 3 aromatic carbocycles. The molecule has 0 fully saturated rings. The molecule has 3 N–H and O–H groups in total. The maximum atomic E-state index is 12.5. The number of para-hydroxylation sites is 1. The number of phenols is 1. The van der Waals surface area contributed by atoms with Crippen LogP contribution in [0.1, 0.15) is 16.7 Å². The summed E-state index contributed by atoms with van der Waals surface area (Å²) in [6, 6.07) is 20.3. The highest BCUT2D eigenvalue weighted by Crippen LogP contribution is 2.23. The molecular formula is C26H23N3O4. The normalized spacial score (nSPS) is 10.8. The number of benzene rings is 3. The highest BCUT2D eigenvalue weighted by atomic mass is 16.5. The van der Waals surface area contributed by atoms with Gasteiger partial charge in [0.15, 0.2) is 6.61 Å². The Morgan fingerprint density at radius 1 is 1.00 bits per heavy atom. The lowest BCUT2D eigenvalue weighted by atomic mass is 10.1. The fourth-order valence-electron chi connectivity index (χ4n) is 2.99. The topological polar surface area (TPSA) is 111 Å². The molecule has 0 aliphatic carbocycles. The fourth-order valence-corrected chi connectivity index (χ4v) is 2.99. The van der Waals surface area contributed by atoms with E-state index in [1.807, 2.05) is 38.1 Å². The summed E-state index contributed by atoms with van der Waals surface area (Å²) >= 11 is 0. The van der Waals surface area contributed by atoms with Crippen molar-refractivity contribution < 1.29 is 19.4 Å². The smallest absolute Gasteiger partial charge is 0.266 e. The average Bonchev–Trinajstić information content (AvgIpc) is 2.81. The SMILES string of the molecule is Cc1cccc(NC(=O)COc2ccccc2/C=C(\C#N)C(=O)Nc2ccc(O)cc2)c1C. The van der Waals surface area contributed by atoms with Gasteiger partial charge >= 0.3 is 0 Å². The second-order valence-corrected chi connectivity index (χ2v) is 7.29. The zero-order chi connectivity index (χ0) is 23.8. The van der Waals surface area contributed by atoms with Crippen LogP contribution in [0.25, 0.3) is 6.08 Å². The molecular weight excluding hydrogens is 418 g/mol. The van der Waals surface area contributed by atoms with Crippen molar-refractivity contribution in [3.05, 3.63) is 89.0 Å². The van der Waals surface area contributed by atoms with Crippen LogP contribution in [0.15, 0.2) is 72.3 Å². The number of nitrogens with one attached hydrogen (secondary N) is 2. The summed E-state index contributed by atoms with van der Waals surface area (Å²) in [5.41, 5.74) is 3.54. The fraction of sp³-hybridized carbons (Fsp3) is 0.115. The number of aromatic hydroxyl groups is 1. The van der Waals surface area contributed by atoms with Crippen molar-refractivity contribution in [2.45, 2.75) is 13.8 Å². The first-order valence-corrected chi connectivity index (χ1v) is 10.2. The van der Waals surface area contributed by atoms with Crippen molar-refractivity contribution in [2.75, 3.05) is 17.2 Å². The van der Waals surface area contributed by atoms with Crippen LogP contribution < -0.4 is 15.4 Å². The first kappa shape index (κ1) is 23.1. The first-order chi connectivity index (χ1) is 15.9. The predicted molar refractivity (Wildman–Crippen MR) is 127 cm³/mol. The van der Waals surface area contributed by atoms with Gasteiger partial charge in [0.1, 0.15) is 23.1 Å².